The van der Waals surface area contributed by atoms with Gasteiger partial charge in [-0.3, -0.25) is 9.59 Å². The zero-order chi connectivity index (χ0) is 28.4. The van der Waals surface area contributed by atoms with E-state index in [1.54, 1.807) is 60.3 Å². The molecule has 2 amide bonds. The lowest BCUT2D eigenvalue weighted by atomic mass is 9.53. The van der Waals surface area contributed by atoms with Gasteiger partial charge in [-0.25, -0.2) is 9.50 Å². The van der Waals surface area contributed by atoms with Crippen LogP contribution in [0.4, 0.5) is 0 Å². The summed E-state index contributed by atoms with van der Waals surface area (Å²) in [5.74, 6) is 0.175. The molecule has 2 saturated carbocycles. The number of hydrogen-bond donors (Lipinski definition) is 3. The summed E-state index contributed by atoms with van der Waals surface area (Å²) >= 11 is 1.60. The fraction of sp³-hybridized carbons (Fsp3) is 0.448. The van der Waals surface area contributed by atoms with E-state index >= 15 is 0 Å². The average molecular weight is 564 g/mol. The molecule has 4 aromatic rings. The minimum Gasteiger partial charge on any atom is -0.489 e. The van der Waals surface area contributed by atoms with Crippen molar-refractivity contribution in [2.45, 2.75) is 71.1 Å². The highest BCUT2D eigenvalue weighted by Crippen LogP contribution is 2.57. The second-order valence-electron chi connectivity index (χ2n) is 11.9. The van der Waals surface area contributed by atoms with Crippen LogP contribution in [0.5, 0.6) is 11.6 Å². The maximum absolute atomic E-state index is 13.0. The first-order valence-corrected chi connectivity index (χ1v) is 14.2. The molecule has 11 heteroatoms. The van der Waals surface area contributed by atoms with Gasteiger partial charge in [0.1, 0.15) is 24.0 Å². The van der Waals surface area contributed by atoms with Crippen LogP contribution in [0.25, 0.3) is 15.7 Å². The summed E-state index contributed by atoms with van der Waals surface area (Å²) in [4.78, 5) is 30.9. The lowest BCUT2D eigenvalue weighted by Crippen LogP contribution is -2.58. The number of fused-ring (bicyclic) bond motifs is 2. The quantitative estimate of drug-likeness (QED) is 0.295. The molecule has 4 N–H and O–H groups in total. The van der Waals surface area contributed by atoms with Crippen LogP contribution in [0, 0.1) is 19.3 Å². The Kier molecular flexibility index (Phi) is 6.26. The minimum atomic E-state index is -0.948. The molecule has 0 atom stereocenters. The normalized spacial score (nSPS) is 22.2. The number of pyridine rings is 2. The molecule has 2 aliphatic rings. The highest BCUT2D eigenvalue weighted by atomic mass is 32.1. The molecule has 6 rings (SSSR count). The third kappa shape index (κ3) is 4.88. The molecule has 10 nitrogen and oxygen atoms in total. The van der Waals surface area contributed by atoms with Crippen LogP contribution < -0.4 is 20.5 Å². The lowest BCUT2D eigenvalue weighted by molar-refractivity contribution is -0.0847. The maximum Gasteiger partial charge on any atom is 0.255 e. The maximum atomic E-state index is 13.0. The molecule has 0 aromatic carbocycles. The Morgan fingerprint density at radius 2 is 1.98 bits per heavy atom. The number of aryl methyl sites for hydroxylation is 2. The number of amides is 2. The monoisotopic (exact) mass is 563 g/mol. The van der Waals surface area contributed by atoms with Gasteiger partial charge in [0, 0.05) is 10.9 Å². The van der Waals surface area contributed by atoms with Crippen molar-refractivity contribution in [2.75, 3.05) is 6.61 Å². The number of primary amides is 1. The Morgan fingerprint density at radius 3 is 2.67 bits per heavy atom. The van der Waals surface area contributed by atoms with E-state index in [1.807, 2.05) is 13.8 Å². The van der Waals surface area contributed by atoms with Crippen LogP contribution in [0.1, 0.15) is 70.7 Å². The molecule has 1 spiro atoms. The van der Waals surface area contributed by atoms with Crippen molar-refractivity contribution in [3.05, 3.63) is 52.2 Å². The summed E-state index contributed by atoms with van der Waals surface area (Å²) in [5.41, 5.74) is 8.28. The zero-order valence-electron chi connectivity index (χ0n) is 23.0. The summed E-state index contributed by atoms with van der Waals surface area (Å²) < 4.78 is 14.3. The number of nitrogens with two attached hydrogens (primary N) is 1. The molecule has 0 saturated heterocycles. The van der Waals surface area contributed by atoms with Crippen LogP contribution in [0.15, 0.2) is 30.6 Å². The minimum absolute atomic E-state index is 0.0350. The Balaban J connectivity index is 1.04. The van der Waals surface area contributed by atoms with Gasteiger partial charge in [0.2, 0.25) is 5.88 Å². The molecule has 2 fully saturated rings. The summed E-state index contributed by atoms with van der Waals surface area (Å²) in [5, 5.41) is 17.3. The Hall–Kier alpha value is -3.70. The van der Waals surface area contributed by atoms with E-state index in [4.69, 9.17) is 15.2 Å². The van der Waals surface area contributed by atoms with Crippen molar-refractivity contribution in [1.82, 2.24) is 19.9 Å². The predicted molar refractivity (Wildman–Crippen MR) is 151 cm³/mol. The van der Waals surface area contributed by atoms with Gasteiger partial charge in [-0.05, 0) is 82.6 Å². The first-order valence-electron chi connectivity index (χ1n) is 13.4. The average Bonchev–Trinajstić information content (AvgIpc) is 3.39. The van der Waals surface area contributed by atoms with Gasteiger partial charge in [0.25, 0.3) is 11.8 Å². The number of ether oxygens (including phenoxy) is 2. The van der Waals surface area contributed by atoms with E-state index in [9.17, 15) is 14.7 Å². The fourth-order valence-corrected chi connectivity index (χ4v) is 6.87. The third-order valence-electron chi connectivity index (χ3n) is 7.98. The van der Waals surface area contributed by atoms with E-state index in [0.29, 0.717) is 28.3 Å². The Morgan fingerprint density at radius 1 is 1.23 bits per heavy atom. The Bertz CT molecular complexity index is 1640. The molecule has 210 valence electrons. The summed E-state index contributed by atoms with van der Waals surface area (Å²) in [6.07, 6.45) is 6.68. The van der Waals surface area contributed by atoms with E-state index in [-0.39, 0.29) is 30.1 Å². The Labute approximate surface area is 235 Å². The van der Waals surface area contributed by atoms with Crippen molar-refractivity contribution >= 4 is 38.9 Å². The molecular formula is C29H33N5O5S. The number of hydrogen-bond acceptors (Lipinski definition) is 8. The van der Waals surface area contributed by atoms with E-state index in [2.05, 4.69) is 15.4 Å². The van der Waals surface area contributed by atoms with Gasteiger partial charge >= 0.3 is 0 Å². The highest BCUT2D eigenvalue weighted by Gasteiger charge is 2.54. The number of nitrogens with one attached hydrogen (secondary N) is 1. The molecule has 4 heterocycles. The van der Waals surface area contributed by atoms with Gasteiger partial charge in [-0.2, -0.15) is 5.10 Å². The second-order valence-corrected chi connectivity index (χ2v) is 13.2. The van der Waals surface area contributed by atoms with Gasteiger partial charge in [-0.15, -0.1) is 11.3 Å². The van der Waals surface area contributed by atoms with Crippen molar-refractivity contribution in [3.63, 3.8) is 0 Å². The third-order valence-corrected chi connectivity index (χ3v) is 9.13. The largest absolute Gasteiger partial charge is 0.489 e. The molecule has 2 aliphatic carbocycles. The van der Waals surface area contributed by atoms with Crippen LogP contribution in [0.3, 0.4) is 0 Å². The topological polar surface area (TPSA) is 141 Å². The second kappa shape index (κ2) is 9.45. The number of thiophene rings is 1. The number of rotatable bonds is 8. The number of nitrogens with zero attached hydrogens (tertiary/aromatic N) is 3. The number of aromatic nitrogens is 3. The number of carbonyl (C=O) groups is 2. The van der Waals surface area contributed by atoms with Crippen molar-refractivity contribution in [2.24, 2.45) is 11.1 Å². The molecular weight excluding hydrogens is 530 g/mol. The molecule has 0 bridgehead atoms. The lowest BCUT2D eigenvalue weighted by Gasteiger charge is -2.57. The zero-order valence-corrected chi connectivity index (χ0v) is 23.8. The highest BCUT2D eigenvalue weighted by molar-refractivity contribution is 7.19. The van der Waals surface area contributed by atoms with Gasteiger partial charge in [-0.1, -0.05) is 0 Å². The fourth-order valence-electron chi connectivity index (χ4n) is 5.82. The summed E-state index contributed by atoms with van der Waals surface area (Å²) in [6, 6.07) is 5.44. The van der Waals surface area contributed by atoms with Gasteiger partial charge in [0.15, 0.2) is 0 Å². The standard InChI is InChI=1S/C29H33N5O5S/c1-15-16(2)40-23-7-20(25(30)35)27(33-24(15)23)39-19-10-29(11-19)8-17(9-29)32-26(36)21-12-31-34-13-18(5-6-22(21)34)38-14-28(3,4)37/h5-7,12-13,17,19,37H,8-11,14H2,1-4H3,(H2,30,35)(H,32,36)/t17-,19-,29?. The molecule has 0 aliphatic heterocycles. The SMILES string of the molecule is Cc1sc2cc(C(N)=O)c(O[C@H]3CC4(C[C@H](NC(=O)c5cnn6cc(OCC(C)(C)O)ccc56)C4)C3)nc2c1C. The van der Waals surface area contributed by atoms with Crippen LogP contribution in [-0.4, -0.2) is 55.9 Å². The molecule has 0 radical (unpaired) electrons. The smallest absolute Gasteiger partial charge is 0.255 e. The van der Waals surface area contributed by atoms with Crippen LogP contribution >= 0.6 is 11.3 Å². The van der Waals surface area contributed by atoms with Crippen molar-refractivity contribution in [3.8, 4) is 11.6 Å². The molecule has 40 heavy (non-hydrogen) atoms. The molecule has 0 unspecified atom stereocenters. The molecule has 4 aromatic heterocycles. The number of carbonyl (C=O) groups excluding carboxylic acids is 2. The van der Waals surface area contributed by atoms with E-state index < -0.39 is 11.5 Å². The van der Waals surface area contributed by atoms with Crippen LogP contribution in [-0.2, 0) is 0 Å². The van der Waals surface area contributed by atoms with E-state index in [0.717, 1.165) is 46.3 Å². The van der Waals surface area contributed by atoms with E-state index in [1.165, 1.54) is 0 Å². The van der Waals surface area contributed by atoms with Gasteiger partial charge < -0.3 is 25.6 Å². The van der Waals surface area contributed by atoms with Crippen molar-refractivity contribution in [1.29, 1.82) is 0 Å². The van der Waals surface area contributed by atoms with Crippen molar-refractivity contribution < 1.29 is 24.2 Å². The van der Waals surface area contributed by atoms with Crippen LogP contribution in [0.2, 0.25) is 0 Å². The van der Waals surface area contributed by atoms with Gasteiger partial charge in [0.05, 0.1) is 39.3 Å². The first-order chi connectivity index (χ1) is 18.9. The predicted octanol–water partition coefficient (Wildman–Crippen LogP) is 3.93. The summed E-state index contributed by atoms with van der Waals surface area (Å²) in [7, 11) is 0. The summed E-state index contributed by atoms with van der Waals surface area (Å²) in [6.45, 7) is 7.55. The number of aliphatic hydroxyl groups is 1. The first kappa shape index (κ1) is 26.5.